The van der Waals surface area contributed by atoms with Crippen LogP contribution in [0.3, 0.4) is 0 Å². The van der Waals surface area contributed by atoms with E-state index in [1.54, 1.807) is 0 Å². The van der Waals surface area contributed by atoms with Gasteiger partial charge in [-0.25, -0.2) is 4.98 Å². The molecule has 19 heavy (non-hydrogen) atoms. The van der Waals surface area contributed by atoms with Gasteiger partial charge in [0.1, 0.15) is 6.61 Å². The number of rotatable bonds is 6. The summed E-state index contributed by atoms with van der Waals surface area (Å²) in [6.07, 6.45) is 3.44. The molecule has 1 aliphatic rings. The number of carbonyl (C=O) groups is 1. The normalized spacial score (nSPS) is 19.3. The number of hydrogen-bond donors (Lipinski definition) is 2. The van der Waals surface area contributed by atoms with Crippen LogP contribution in [0.25, 0.3) is 0 Å². The Morgan fingerprint density at radius 1 is 1.63 bits per heavy atom. The molecular formula is C12H19N3O3S. The average Bonchev–Trinajstić information content (AvgIpc) is 2.83. The van der Waals surface area contributed by atoms with E-state index >= 15 is 0 Å². The number of hydrogen-bond acceptors (Lipinski definition) is 6. The largest absolute Gasteiger partial charge is 0.376 e. The van der Waals surface area contributed by atoms with Gasteiger partial charge in [-0.3, -0.25) is 4.79 Å². The van der Waals surface area contributed by atoms with Crippen molar-refractivity contribution in [2.45, 2.75) is 31.9 Å². The van der Waals surface area contributed by atoms with Crippen molar-refractivity contribution in [1.29, 1.82) is 0 Å². The highest BCUT2D eigenvalue weighted by molar-refractivity contribution is 7.13. The maximum absolute atomic E-state index is 11.5. The van der Waals surface area contributed by atoms with Gasteiger partial charge in [0.25, 0.3) is 0 Å². The molecule has 3 N–H and O–H groups in total. The topological polar surface area (TPSA) is 86.5 Å². The summed E-state index contributed by atoms with van der Waals surface area (Å²) in [5.74, 6) is -0.151. The van der Waals surface area contributed by atoms with Crippen LogP contribution in [0, 0.1) is 0 Å². The molecule has 1 saturated heterocycles. The summed E-state index contributed by atoms with van der Waals surface area (Å²) in [7, 11) is 0. The van der Waals surface area contributed by atoms with E-state index in [9.17, 15) is 4.79 Å². The van der Waals surface area contributed by atoms with Crippen LogP contribution < -0.4 is 11.1 Å². The van der Waals surface area contributed by atoms with Gasteiger partial charge in [0.05, 0.1) is 24.9 Å². The van der Waals surface area contributed by atoms with Crippen LogP contribution in [0.15, 0.2) is 5.38 Å². The minimum Gasteiger partial charge on any atom is -0.376 e. The van der Waals surface area contributed by atoms with Gasteiger partial charge in [0.2, 0.25) is 5.91 Å². The standard InChI is InChI=1S/C12H19N3O3S/c13-12-15-9(8-19-12)5-14-11(16)7-17-6-10-3-1-2-4-18-10/h8,10H,1-7H2,(H2,13,15)(H,14,16)/t10-/m1/s1. The van der Waals surface area contributed by atoms with E-state index in [1.807, 2.05) is 5.38 Å². The number of thiazole rings is 1. The van der Waals surface area contributed by atoms with Gasteiger partial charge in [0.15, 0.2) is 5.13 Å². The molecule has 2 heterocycles. The fraction of sp³-hybridized carbons (Fsp3) is 0.667. The van der Waals surface area contributed by atoms with Crippen molar-refractivity contribution in [2.24, 2.45) is 0 Å². The van der Waals surface area contributed by atoms with Crippen LogP contribution in [-0.4, -0.2) is 36.8 Å². The predicted molar refractivity (Wildman–Crippen MR) is 72.8 cm³/mol. The molecule has 7 heteroatoms. The second-order valence-electron chi connectivity index (χ2n) is 4.46. The Balaban J connectivity index is 1.56. The molecule has 0 unspecified atom stereocenters. The third kappa shape index (κ3) is 5.14. The van der Waals surface area contributed by atoms with E-state index in [0.29, 0.717) is 18.3 Å². The predicted octanol–water partition coefficient (Wildman–Crippen LogP) is 0.927. The first-order valence-corrected chi connectivity index (χ1v) is 7.28. The zero-order valence-electron chi connectivity index (χ0n) is 10.8. The second kappa shape index (κ2) is 7.42. The van der Waals surface area contributed by atoms with Crippen molar-refractivity contribution >= 4 is 22.4 Å². The first-order valence-electron chi connectivity index (χ1n) is 6.40. The van der Waals surface area contributed by atoms with Gasteiger partial charge < -0.3 is 20.5 Å². The van der Waals surface area contributed by atoms with Gasteiger partial charge in [-0.1, -0.05) is 0 Å². The lowest BCUT2D eigenvalue weighted by Crippen LogP contribution is -2.30. The first-order chi connectivity index (χ1) is 9.24. The fourth-order valence-corrected chi connectivity index (χ4v) is 2.43. The van der Waals surface area contributed by atoms with E-state index < -0.39 is 0 Å². The number of carbonyl (C=O) groups excluding carboxylic acids is 1. The monoisotopic (exact) mass is 285 g/mol. The van der Waals surface area contributed by atoms with Gasteiger partial charge in [-0.2, -0.15) is 0 Å². The number of nitrogens with one attached hydrogen (secondary N) is 1. The van der Waals surface area contributed by atoms with Crippen molar-refractivity contribution in [3.05, 3.63) is 11.1 Å². The quantitative estimate of drug-likeness (QED) is 0.812. The van der Waals surface area contributed by atoms with Crippen LogP contribution in [0.1, 0.15) is 25.0 Å². The SMILES string of the molecule is Nc1nc(CNC(=O)COC[C@H]2CCCCO2)cs1. The fourth-order valence-electron chi connectivity index (χ4n) is 1.87. The molecule has 1 aromatic heterocycles. The number of nitrogens with two attached hydrogens (primary N) is 1. The number of aromatic nitrogens is 1. The lowest BCUT2D eigenvalue weighted by molar-refractivity contribution is -0.128. The van der Waals surface area contributed by atoms with Gasteiger partial charge in [0, 0.05) is 12.0 Å². The van der Waals surface area contributed by atoms with Crippen LogP contribution >= 0.6 is 11.3 Å². The molecule has 6 nitrogen and oxygen atoms in total. The molecule has 0 aliphatic carbocycles. The third-order valence-corrected chi connectivity index (χ3v) is 3.57. The van der Waals surface area contributed by atoms with E-state index in [-0.39, 0.29) is 18.6 Å². The summed E-state index contributed by atoms with van der Waals surface area (Å²) in [4.78, 5) is 15.6. The Morgan fingerprint density at radius 3 is 3.21 bits per heavy atom. The number of anilines is 1. The Labute approximate surface area is 116 Å². The van der Waals surface area contributed by atoms with Gasteiger partial charge in [-0.05, 0) is 19.3 Å². The Kier molecular flexibility index (Phi) is 5.56. The maximum atomic E-state index is 11.5. The molecule has 2 rings (SSSR count). The Hall–Kier alpha value is -1.18. The molecule has 0 saturated carbocycles. The van der Waals surface area contributed by atoms with Gasteiger partial charge >= 0.3 is 0 Å². The molecule has 1 amide bonds. The highest BCUT2D eigenvalue weighted by Crippen LogP contribution is 2.12. The highest BCUT2D eigenvalue weighted by atomic mass is 32.1. The average molecular weight is 285 g/mol. The maximum Gasteiger partial charge on any atom is 0.246 e. The smallest absolute Gasteiger partial charge is 0.246 e. The van der Waals surface area contributed by atoms with E-state index in [2.05, 4.69) is 10.3 Å². The minimum atomic E-state index is -0.151. The molecule has 1 atom stereocenters. The Morgan fingerprint density at radius 2 is 2.53 bits per heavy atom. The van der Waals surface area contributed by atoms with E-state index in [4.69, 9.17) is 15.2 Å². The van der Waals surface area contributed by atoms with Crippen molar-refractivity contribution in [2.75, 3.05) is 25.6 Å². The Bertz CT molecular complexity index is 405. The highest BCUT2D eigenvalue weighted by Gasteiger charge is 2.14. The van der Waals surface area contributed by atoms with Gasteiger partial charge in [-0.15, -0.1) is 11.3 Å². The lowest BCUT2D eigenvalue weighted by Gasteiger charge is -2.22. The number of nitrogens with zero attached hydrogens (tertiary/aromatic N) is 1. The van der Waals surface area contributed by atoms with Crippen LogP contribution in [0.5, 0.6) is 0 Å². The molecule has 0 radical (unpaired) electrons. The summed E-state index contributed by atoms with van der Waals surface area (Å²) in [5, 5.41) is 5.07. The zero-order valence-corrected chi connectivity index (χ0v) is 11.6. The molecule has 0 spiro atoms. The third-order valence-electron chi connectivity index (χ3n) is 2.85. The molecule has 1 aromatic rings. The van der Waals surface area contributed by atoms with Crippen molar-refractivity contribution in [3.8, 4) is 0 Å². The zero-order chi connectivity index (χ0) is 13.5. The van der Waals surface area contributed by atoms with Crippen molar-refractivity contribution in [3.63, 3.8) is 0 Å². The molecular weight excluding hydrogens is 266 g/mol. The van der Waals surface area contributed by atoms with Crippen molar-refractivity contribution < 1.29 is 14.3 Å². The summed E-state index contributed by atoms with van der Waals surface area (Å²) >= 11 is 1.36. The molecule has 106 valence electrons. The minimum absolute atomic E-state index is 0.0550. The number of amides is 1. The molecule has 0 bridgehead atoms. The molecule has 0 aromatic carbocycles. The lowest BCUT2D eigenvalue weighted by atomic mass is 10.1. The summed E-state index contributed by atoms with van der Waals surface area (Å²) in [6.45, 7) is 1.72. The second-order valence-corrected chi connectivity index (χ2v) is 5.35. The van der Waals surface area contributed by atoms with Crippen LogP contribution in [0.2, 0.25) is 0 Å². The van der Waals surface area contributed by atoms with E-state index in [1.165, 1.54) is 17.8 Å². The number of ether oxygens (including phenoxy) is 2. The molecule has 1 aliphatic heterocycles. The first kappa shape index (κ1) is 14.2. The van der Waals surface area contributed by atoms with Crippen LogP contribution in [-0.2, 0) is 20.8 Å². The van der Waals surface area contributed by atoms with Crippen molar-refractivity contribution in [1.82, 2.24) is 10.3 Å². The van der Waals surface area contributed by atoms with E-state index in [0.717, 1.165) is 25.1 Å². The summed E-state index contributed by atoms with van der Waals surface area (Å²) < 4.78 is 10.9. The number of nitrogen functional groups attached to an aromatic ring is 1. The summed E-state index contributed by atoms with van der Waals surface area (Å²) in [6, 6.07) is 0. The summed E-state index contributed by atoms with van der Waals surface area (Å²) in [5.41, 5.74) is 6.27. The molecule has 1 fully saturated rings. The van der Waals surface area contributed by atoms with Crippen LogP contribution in [0.4, 0.5) is 5.13 Å².